The smallest absolute Gasteiger partial charge is 0 e. The summed E-state index contributed by atoms with van der Waals surface area (Å²) >= 11 is 0. The fourth-order valence-electron chi connectivity index (χ4n) is 1.47. The van der Waals surface area contributed by atoms with Crippen LogP contribution < -0.4 is 0 Å². The van der Waals surface area contributed by atoms with Gasteiger partial charge >= 0.3 is 0 Å². The molecule has 0 aromatic heterocycles. The van der Waals surface area contributed by atoms with Crippen LogP contribution in [0.2, 0.25) is 0 Å². The minimum Gasteiger partial charge on any atom is -0.358 e. The third-order valence-electron chi connectivity index (χ3n) is 2.79. The Kier molecular flexibility index (Phi) is 51.9. The molecule has 2 aromatic rings. The summed E-state index contributed by atoms with van der Waals surface area (Å²) in [5.41, 5.74) is 6.58. The van der Waals surface area contributed by atoms with Gasteiger partial charge in [-0.3, -0.25) is 0 Å². The molecule has 25 heavy (non-hydrogen) atoms. The molecule has 0 saturated heterocycles. The van der Waals surface area contributed by atoms with Crippen molar-refractivity contribution in [1.82, 2.24) is 0 Å². The quantitative estimate of drug-likeness (QED) is 0.209. The largest absolute Gasteiger partial charge is 0.358 e. The molecular weight excluding hydrogens is 897 g/mol. The maximum absolute atomic E-state index is 3.10. The van der Waals surface area contributed by atoms with E-state index >= 15 is 0 Å². The minimum atomic E-state index is 0. The first kappa shape index (κ1) is 49.8. The van der Waals surface area contributed by atoms with Gasteiger partial charge in [0.15, 0.2) is 0 Å². The first-order valence-electron chi connectivity index (χ1n) is 5.98. The summed E-state index contributed by atoms with van der Waals surface area (Å²) in [6.07, 6.45) is 0. The Labute approximate surface area is 205 Å². The second-order valence-electron chi connectivity index (χ2n) is 4.64. The van der Waals surface area contributed by atoms with Gasteiger partial charge in [-0.05, 0) is 31.9 Å². The van der Waals surface area contributed by atoms with Crippen LogP contribution in [-0.4, -0.2) is 0 Å². The molecule has 143 valence electrons. The summed E-state index contributed by atoms with van der Waals surface area (Å²) in [4.78, 5) is 0. The second kappa shape index (κ2) is 26.1. The van der Waals surface area contributed by atoms with E-state index in [2.05, 4.69) is 64.1 Å². The molecule has 0 aliphatic heterocycles. The molecule has 0 unspecified atom stereocenters. The maximum Gasteiger partial charge on any atom is 0 e. The zero-order valence-corrected chi connectivity index (χ0v) is 31.1. The van der Waals surface area contributed by atoms with Crippen LogP contribution in [0.15, 0.2) is 36.4 Å². The molecule has 0 nitrogen and oxygen atoms in total. The molecule has 0 aliphatic rings. The fraction of sp³-hybridized carbons (Fsp3) is 0.238. The van der Waals surface area contributed by atoms with Crippen LogP contribution in [0.5, 0.6) is 0 Å². The van der Waals surface area contributed by atoms with E-state index < -0.39 is 0 Å². The summed E-state index contributed by atoms with van der Waals surface area (Å²) in [6, 6.07) is 15.8. The third kappa shape index (κ3) is 21.8. The van der Waals surface area contributed by atoms with Crippen molar-refractivity contribution in [2.45, 2.75) is 34.6 Å². The Morgan fingerprint density at radius 3 is 1.40 bits per heavy atom. The molecule has 0 bridgehead atoms. The van der Waals surface area contributed by atoms with Crippen molar-refractivity contribution in [3.05, 3.63) is 100.0 Å². The Hall–Kier alpha value is -0.170. The molecule has 0 atom stereocenters. The van der Waals surface area contributed by atoms with Crippen LogP contribution in [0.4, 0.5) is 0 Å². The Morgan fingerprint density at radius 1 is 0.680 bits per heavy atom. The van der Waals surface area contributed by atoms with Crippen molar-refractivity contribution >= 4 is 0 Å². The molecule has 0 spiro atoms. The van der Waals surface area contributed by atoms with Crippen LogP contribution in [0.3, 0.4) is 0 Å². The van der Waals surface area contributed by atoms with E-state index in [9.17, 15) is 0 Å². The van der Waals surface area contributed by atoms with Gasteiger partial charge in [-0.25, -0.2) is 0 Å². The van der Waals surface area contributed by atoms with Gasteiger partial charge in [0.2, 0.25) is 0 Å². The minimum absolute atomic E-state index is 0. The normalized spacial score (nSPS) is 6.44. The monoisotopic (exact) mass is 931 g/mol. The number of benzene rings is 2. The van der Waals surface area contributed by atoms with Crippen LogP contribution in [0.1, 0.15) is 27.8 Å². The predicted molar refractivity (Wildman–Crippen MR) is 101 cm³/mol. The van der Waals surface area contributed by atoms with Gasteiger partial charge in [0.1, 0.15) is 0 Å². The summed E-state index contributed by atoms with van der Waals surface area (Å²) in [5.74, 6) is 0. The van der Waals surface area contributed by atoms with E-state index in [1.807, 2.05) is 13.0 Å². The molecule has 0 aliphatic carbocycles. The molecule has 0 N–H and O–H groups in total. The zero-order chi connectivity index (χ0) is 12.8. The summed E-state index contributed by atoms with van der Waals surface area (Å²) < 4.78 is 0. The van der Waals surface area contributed by atoms with E-state index in [0.29, 0.717) is 0 Å². The van der Waals surface area contributed by atoms with E-state index in [4.69, 9.17) is 0 Å². The fourth-order valence-corrected chi connectivity index (χ4v) is 1.47. The summed E-state index contributed by atoms with van der Waals surface area (Å²) in [6.45, 7) is 10.5. The van der Waals surface area contributed by atoms with Crippen molar-refractivity contribution in [1.29, 1.82) is 0 Å². The van der Waals surface area contributed by atoms with Gasteiger partial charge in [-0.1, -0.05) is 37.6 Å². The third-order valence-corrected chi connectivity index (χ3v) is 2.79. The van der Waals surface area contributed by atoms with E-state index in [1.165, 1.54) is 27.8 Å². The van der Waals surface area contributed by atoms with Crippen LogP contribution >= 0.6 is 0 Å². The summed E-state index contributed by atoms with van der Waals surface area (Å²) in [7, 11) is 0. The van der Waals surface area contributed by atoms with E-state index in [-0.39, 0.29) is 102 Å². The van der Waals surface area contributed by atoms with Crippen LogP contribution in [-0.2, 0) is 72.6 Å². The van der Waals surface area contributed by atoms with Crippen molar-refractivity contribution in [2.75, 3.05) is 0 Å². The molecular formula is C21H33ReRfRhY-5. The molecule has 2 aromatic carbocycles. The van der Waals surface area contributed by atoms with Crippen molar-refractivity contribution in [3.8, 4) is 0 Å². The molecule has 0 fully saturated rings. The van der Waals surface area contributed by atoms with Crippen molar-refractivity contribution in [2.24, 2.45) is 0 Å². The number of rotatable bonds is 0. The molecule has 0 saturated carbocycles. The van der Waals surface area contributed by atoms with Crippen LogP contribution in [0, 0.1) is 70.4 Å². The molecule has 2 rings (SSSR count). The van der Waals surface area contributed by atoms with E-state index in [0.717, 1.165) is 0 Å². The number of hydrogen-bond acceptors (Lipinski definition) is 0. The SMILES string of the molecule is Cc1[c-]cc(C)cc1.Cc1ccc(C)c(C)c1.[CH3-].[CH3-].[CH3-].[CH3-].[Re].[Rf].[Rh].[Y]. The second-order valence-corrected chi connectivity index (χ2v) is 4.64. The van der Waals surface area contributed by atoms with Crippen LogP contribution in [0.25, 0.3) is 0 Å². The van der Waals surface area contributed by atoms with Gasteiger partial charge < -0.3 is 29.7 Å². The molecule has 0 heterocycles. The van der Waals surface area contributed by atoms with Crippen molar-refractivity contribution in [3.63, 3.8) is 0 Å². The average molecular weight is 931 g/mol. The Balaban J connectivity index is -0.0000000293. The molecule has 3 radical (unpaired) electrons. The molecule has 0 amide bonds. The Morgan fingerprint density at radius 2 is 1.12 bits per heavy atom. The topological polar surface area (TPSA) is 0 Å². The van der Waals surface area contributed by atoms with Gasteiger partial charge in [0.25, 0.3) is 0 Å². The maximum atomic E-state index is 3.10. The van der Waals surface area contributed by atoms with Gasteiger partial charge in [-0.15, -0.1) is 0 Å². The van der Waals surface area contributed by atoms with E-state index in [1.54, 1.807) is 0 Å². The number of aryl methyl sites for hydroxylation is 5. The standard InChI is InChI=1S/C9H12.C8H9.4CH3.Re.Rf.Rh.Y/c1-7-4-5-8(2)9(3)6-7;1-7-3-5-8(2)6-4-7;;;;;;;;/h4-6H,1-3H3;3-5H,1-2H3;4*1H3;;;;/q;5*-1;;;;. The van der Waals surface area contributed by atoms with Crippen molar-refractivity contribution < 1.29 is 72.6 Å². The van der Waals surface area contributed by atoms with Gasteiger partial charge in [0, 0.05) is 72.6 Å². The first-order valence-corrected chi connectivity index (χ1v) is 5.98. The number of hydrogen-bond donors (Lipinski definition) is 0. The average Bonchev–Trinajstić information content (AvgIpc) is 2.29. The van der Waals surface area contributed by atoms with Gasteiger partial charge in [-0.2, -0.15) is 35.4 Å². The van der Waals surface area contributed by atoms with Gasteiger partial charge in [0.05, 0.1) is 0 Å². The summed E-state index contributed by atoms with van der Waals surface area (Å²) in [5, 5.41) is 0. The Bertz CT molecular complexity index is 467. The zero-order valence-electron chi connectivity index (χ0n) is 17.5. The first-order chi connectivity index (χ1) is 7.99. The molecule has 4 heteroatoms. The predicted octanol–water partition coefficient (Wildman–Crippen LogP) is 6.51.